The fourth-order valence-electron chi connectivity index (χ4n) is 3.63. The van der Waals surface area contributed by atoms with Crippen LogP contribution in [-0.2, 0) is 43.0 Å². The third-order valence-electron chi connectivity index (χ3n) is 5.28. The maximum atomic E-state index is 13.4. The number of anilines is 1. The number of esters is 1. The second kappa shape index (κ2) is 12.3. The number of nitrogens with zero attached hydrogens (tertiary/aromatic N) is 3. The first kappa shape index (κ1) is 29.7. The van der Waals surface area contributed by atoms with Crippen molar-refractivity contribution in [3.05, 3.63) is 22.5 Å². The summed E-state index contributed by atoms with van der Waals surface area (Å²) < 4.78 is 20.3. The molecule has 1 saturated heterocycles. The Morgan fingerprint density at radius 1 is 1.23 bits per heavy atom. The van der Waals surface area contributed by atoms with Crippen molar-refractivity contribution in [1.29, 1.82) is 0 Å². The number of hydrogen-bond donors (Lipinski definition) is 2. The summed E-state index contributed by atoms with van der Waals surface area (Å²) in [5.74, 6) is -2.02. The lowest BCUT2D eigenvalue weighted by molar-refractivity contribution is -0.172. The SMILES string of the molecule is CO/N=C(\C(=O)NC1(C)C(=O)N2C(C(=O)OC(C)OC(=O)OC(C)C)=C(OC)CS[C@H]21)c1csc(NC=O)n1. The zero-order valence-corrected chi connectivity index (χ0v) is 23.5. The third kappa shape index (κ3) is 6.25. The van der Waals surface area contributed by atoms with Crippen LogP contribution in [0.15, 0.2) is 22.0 Å². The molecule has 15 nitrogen and oxygen atoms in total. The van der Waals surface area contributed by atoms with Gasteiger partial charge in [0, 0.05) is 12.3 Å². The molecule has 0 aliphatic carbocycles. The lowest BCUT2D eigenvalue weighted by atomic mass is 9.88. The van der Waals surface area contributed by atoms with Crippen molar-refractivity contribution in [2.24, 2.45) is 5.16 Å². The molecule has 1 fully saturated rings. The summed E-state index contributed by atoms with van der Waals surface area (Å²) in [7, 11) is 2.57. The van der Waals surface area contributed by atoms with Crippen LogP contribution in [0.2, 0.25) is 0 Å². The van der Waals surface area contributed by atoms with Gasteiger partial charge in [-0.25, -0.2) is 14.6 Å². The van der Waals surface area contributed by atoms with Gasteiger partial charge in [0.1, 0.15) is 29.5 Å². The van der Waals surface area contributed by atoms with E-state index in [-0.39, 0.29) is 33.7 Å². The molecule has 2 aliphatic heterocycles. The number of aromatic nitrogens is 1. The van der Waals surface area contributed by atoms with E-state index in [2.05, 4.69) is 20.8 Å². The van der Waals surface area contributed by atoms with Gasteiger partial charge in [0.2, 0.25) is 12.7 Å². The van der Waals surface area contributed by atoms with Gasteiger partial charge in [0.05, 0.1) is 19.0 Å². The molecule has 212 valence electrons. The Morgan fingerprint density at radius 2 is 1.95 bits per heavy atom. The quantitative estimate of drug-likeness (QED) is 0.0945. The molecule has 0 aromatic carbocycles. The number of oxime groups is 1. The summed E-state index contributed by atoms with van der Waals surface area (Å²) in [5.41, 5.74) is -1.75. The van der Waals surface area contributed by atoms with E-state index in [0.717, 1.165) is 16.2 Å². The van der Waals surface area contributed by atoms with Crippen LogP contribution in [0.3, 0.4) is 0 Å². The molecular formula is C22H27N5O10S2. The summed E-state index contributed by atoms with van der Waals surface area (Å²) in [6, 6.07) is 0. The molecule has 39 heavy (non-hydrogen) atoms. The van der Waals surface area contributed by atoms with Gasteiger partial charge in [-0.3, -0.25) is 19.3 Å². The van der Waals surface area contributed by atoms with Crippen LogP contribution in [0.25, 0.3) is 0 Å². The fourth-order valence-corrected chi connectivity index (χ4v) is 5.69. The number of ether oxygens (including phenoxy) is 4. The number of rotatable bonds is 11. The average Bonchev–Trinajstić information content (AvgIpc) is 3.33. The third-order valence-corrected chi connectivity index (χ3v) is 7.48. The van der Waals surface area contributed by atoms with Gasteiger partial charge in [0.25, 0.3) is 11.8 Å². The molecule has 3 amide bonds. The Kier molecular flexibility index (Phi) is 9.39. The minimum Gasteiger partial charge on any atom is -0.498 e. The highest BCUT2D eigenvalue weighted by atomic mass is 32.2. The number of fused-ring (bicyclic) bond motifs is 1. The van der Waals surface area contributed by atoms with Crippen LogP contribution in [0.5, 0.6) is 0 Å². The van der Waals surface area contributed by atoms with Crippen LogP contribution in [-0.4, -0.2) is 89.2 Å². The largest absolute Gasteiger partial charge is 0.511 e. The number of thiazole rings is 1. The van der Waals surface area contributed by atoms with Gasteiger partial charge in [0.15, 0.2) is 16.5 Å². The first-order chi connectivity index (χ1) is 18.5. The molecule has 3 atom stereocenters. The Morgan fingerprint density at radius 3 is 2.56 bits per heavy atom. The Bertz CT molecular complexity index is 1220. The summed E-state index contributed by atoms with van der Waals surface area (Å²) in [4.78, 5) is 72.0. The normalized spacial score (nSPS) is 21.3. The predicted molar refractivity (Wildman–Crippen MR) is 137 cm³/mol. The number of methoxy groups -OCH3 is 1. The van der Waals surface area contributed by atoms with E-state index < -0.39 is 47.2 Å². The van der Waals surface area contributed by atoms with E-state index in [1.165, 1.54) is 45.2 Å². The summed E-state index contributed by atoms with van der Waals surface area (Å²) in [6.45, 7) is 6.07. The van der Waals surface area contributed by atoms with E-state index >= 15 is 0 Å². The van der Waals surface area contributed by atoms with Crippen molar-refractivity contribution >= 4 is 64.3 Å². The minimum atomic E-state index is -1.45. The van der Waals surface area contributed by atoms with Crippen LogP contribution in [0, 0.1) is 0 Å². The van der Waals surface area contributed by atoms with E-state index in [0.29, 0.717) is 6.41 Å². The highest BCUT2D eigenvalue weighted by Gasteiger charge is 2.63. The minimum absolute atomic E-state index is 0.114. The van der Waals surface area contributed by atoms with Crippen molar-refractivity contribution in [2.75, 3.05) is 25.3 Å². The van der Waals surface area contributed by atoms with Crippen LogP contribution in [0.1, 0.15) is 33.4 Å². The first-order valence-electron chi connectivity index (χ1n) is 11.4. The van der Waals surface area contributed by atoms with Gasteiger partial charge in [-0.1, -0.05) is 5.16 Å². The Balaban J connectivity index is 1.77. The molecule has 0 spiro atoms. The number of hydrogen-bond acceptors (Lipinski definition) is 14. The predicted octanol–water partition coefficient (Wildman–Crippen LogP) is 1.16. The standard InChI is InChI=1S/C22H27N5O10S2/c1-10(2)35-21(32)37-11(3)36-17(30)15-13(33-5)8-38-19-22(4,18(31)27(15)19)25-16(29)14(26-34-6)12-7-39-20(24-12)23-9-28/h7,9-11,19H,8H2,1-6H3,(H,25,29)(H,23,24,28)/b26-14-/t11?,19-,22?/m0/s1. The maximum Gasteiger partial charge on any atom is 0.511 e. The zero-order chi connectivity index (χ0) is 28.9. The Labute approximate surface area is 231 Å². The van der Waals surface area contributed by atoms with Gasteiger partial charge < -0.3 is 34.4 Å². The first-order valence-corrected chi connectivity index (χ1v) is 13.3. The van der Waals surface area contributed by atoms with Crippen LogP contribution in [0.4, 0.5) is 9.93 Å². The van der Waals surface area contributed by atoms with Crippen molar-refractivity contribution in [3.63, 3.8) is 0 Å². The molecule has 2 unspecified atom stereocenters. The molecule has 2 N–H and O–H groups in total. The van der Waals surface area contributed by atoms with Gasteiger partial charge >= 0.3 is 12.1 Å². The molecule has 2 aliphatic rings. The zero-order valence-electron chi connectivity index (χ0n) is 21.8. The molecule has 0 radical (unpaired) electrons. The number of amides is 3. The Hall–Kier alpha value is -3.86. The molecule has 1 aromatic rings. The molecule has 0 bridgehead atoms. The molecule has 0 saturated carbocycles. The van der Waals surface area contributed by atoms with Gasteiger partial charge in [-0.15, -0.1) is 23.1 Å². The van der Waals surface area contributed by atoms with Crippen LogP contribution >= 0.6 is 23.1 Å². The van der Waals surface area contributed by atoms with E-state index in [9.17, 15) is 24.0 Å². The van der Waals surface area contributed by atoms with Crippen molar-refractivity contribution in [2.45, 2.75) is 51.0 Å². The highest BCUT2D eigenvalue weighted by Crippen LogP contribution is 2.46. The van der Waals surface area contributed by atoms with Gasteiger partial charge in [-0.05, 0) is 20.8 Å². The highest BCUT2D eigenvalue weighted by molar-refractivity contribution is 8.00. The number of carbonyl (C=O) groups is 5. The van der Waals surface area contributed by atoms with Crippen LogP contribution < -0.4 is 10.6 Å². The lowest BCUT2D eigenvalue weighted by Gasteiger charge is -2.55. The van der Waals surface area contributed by atoms with E-state index in [1.807, 2.05) is 0 Å². The smallest absolute Gasteiger partial charge is 0.498 e. The molecule has 1 aromatic heterocycles. The molecule has 3 rings (SSSR count). The average molecular weight is 586 g/mol. The van der Waals surface area contributed by atoms with E-state index in [1.54, 1.807) is 13.8 Å². The lowest BCUT2D eigenvalue weighted by Crippen LogP contribution is -2.79. The molecule has 17 heteroatoms. The molecule has 3 heterocycles. The number of β-lactam (4-membered cyclic amide) rings is 1. The second-order valence-corrected chi connectivity index (χ2v) is 10.3. The van der Waals surface area contributed by atoms with Gasteiger partial charge in [-0.2, -0.15) is 0 Å². The summed E-state index contributed by atoms with van der Waals surface area (Å²) in [6.07, 6.45) is -2.35. The maximum absolute atomic E-state index is 13.4. The summed E-state index contributed by atoms with van der Waals surface area (Å²) in [5, 5.41) is 9.75. The van der Waals surface area contributed by atoms with E-state index in [4.69, 9.17) is 23.8 Å². The second-order valence-electron chi connectivity index (χ2n) is 8.40. The number of thioether (sulfide) groups is 1. The number of carbonyl (C=O) groups excluding carboxylic acids is 5. The van der Waals surface area contributed by atoms with Crippen molar-refractivity contribution < 1.29 is 47.8 Å². The van der Waals surface area contributed by atoms with Crippen molar-refractivity contribution in [3.8, 4) is 0 Å². The molecular weight excluding hydrogens is 558 g/mol. The topological polar surface area (TPSA) is 184 Å². The summed E-state index contributed by atoms with van der Waals surface area (Å²) >= 11 is 2.31. The van der Waals surface area contributed by atoms with Crippen molar-refractivity contribution in [1.82, 2.24) is 15.2 Å². The number of nitrogens with one attached hydrogen (secondary N) is 2. The fraction of sp³-hybridized carbons (Fsp3) is 0.500. The monoisotopic (exact) mass is 585 g/mol.